The largest absolute Gasteiger partial charge is 0.497 e. The third-order valence-corrected chi connectivity index (χ3v) is 5.53. The zero-order chi connectivity index (χ0) is 20.9. The van der Waals surface area contributed by atoms with Crippen molar-refractivity contribution >= 4 is 11.5 Å². The number of unbranched alkanes of at least 4 members (excludes halogenated alkanes) is 1. The van der Waals surface area contributed by atoms with Gasteiger partial charge in [-0.05, 0) is 60.4 Å². The third-order valence-electron chi connectivity index (χ3n) is 5.53. The SMILES string of the molecule is CCCCc1ccc(NC2C(=O)c3ccccc3OC2c2ccc(OC)cc2)cc1. The highest BCUT2D eigenvalue weighted by molar-refractivity contribution is 6.05. The van der Waals surface area contributed by atoms with Gasteiger partial charge in [0.2, 0.25) is 0 Å². The van der Waals surface area contributed by atoms with Crippen LogP contribution < -0.4 is 14.8 Å². The van der Waals surface area contributed by atoms with Crippen LogP contribution in [-0.4, -0.2) is 18.9 Å². The molecule has 1 aliphatic heterocycles. The van der Waals surface area contributed by atoms with Crippen molar-refractivity contribution in [2.75, 3.05) is 12.4 Å². The standard InChI is InChI=1S/C26H27NO3/c1-3-4-7-18-10-14-20(15-11-18)27-24-25(28)22-8-5-6-9-23(22)30-26(24)19-12-16-21(29-2)17-13-19/h5-6,8-17,24,26-27H,3-4,7H2,1-2H3. The molecule has 4 rings (SSSR count). The molecule has 154 valence electrons. The average molecular weight is 402 g/mol. The van der Waals surface area contributed by atoms with Crippen LogP contribution in [-0.2, 0) is 6.42 Å². The summed E-state index contributed by atoms with van der Waals surface area (Å²) in [6.07, 6.45) is 3.00. The van der Waals surface area contributed by atoms with E-state index in [0.717, 1.165) is 23.4 Å². The number of fused-ring (bicyclic) bond motifs is 1. The molecule has 0 bridgehead atoms. The van der Waals surface area contributed by atoms with Crippen LogP contribution in [0.25, 0.3) is 0 Å². The first-order chi connectivity index (χ1) is 14.7. The number of nitrogens with one attached hydrogen (secondary N) is 1. The maximum Gasteiger partial charge on any atom is 0.192 e. The zero-order valence-corrected chi connectivity index (χ0v) is 17.4. The van der Waals surface area contributed by atoms with Gasteiger partial charge in [-0.25, -0.2) is 0 Å². The van der Waals surface area contributed by atoms with E-state index in [4.69, 9.17) is 9.47 Å². The van der Waals surface area contributed by atoms with E-state index in [1.165, 1.54) is 18.4 Å². The number of Topliss-reactive ketones (excluding diaryl/α,β-unsaturated/α-hetero) is 1. The maximum absolute atomic E-state index is 13.4. The number of para-hydroxylation sites is 1. The summed E-state index contributed by atoms with van der Waals surface area (Å²) in [5, 5.41) is 3.43. The first kappa shape index (κ1) is 20.0. The Morgan fingerprint density at radius 3 is 2.40 bits per heavy atom. The molecule has 0 spiro atoms. The minimum absolute atomic E-state index is 0.0349. The summed E-state index contributed by atoms with van der Waals surface area (Å²) in [6.45, 7) is 2.20. The highest BCUT2D eigenvalue weighted by Crippen LogP contribution is 2.37. The van der Waals surface area contributed by atoms with E-state index in [9.17, 15) is 4.79 Å². The van der Waals surface area contributed by atoms with E-state index < -0.39 is 12.1 Å². The van der Waals surface area contributed by atoms with Crippen LogP contribution in [0.1, 0.15) is 47.4 Å². The number of ether oxygens (including phenoxy) is 2. The van der Waals surface area contributed by atoms with Gasteiger partial charge in [0.15, 0.2) is 11.9 Å². The molecule has 4 heteroatoms. The summed E-state index contributed by atoms with van der Waals surface area (Å²) >= 11 is 0. The van der Waals surface area contributed by atoms with Crippen LogP contribution in [0.15, 0.2) is 72.8 Å². The summed E-state index contributed by atoms with van der Waals surface area (Å²) in [5.41, 5.74) is 3.76. The molecule has 30 heavy (non-hydrogen) atoms. The molecule has 2 unspecified atom stereocenters. The van der Waals surface area contributed by atoms with Crippen LogP contribution >= 0.6 is 0 Å². The summed E-state index contributed by atoms with van der Waals surface area (Å²) in [5.74, 6) is 1.43. The second-order valence-electron chi connectivity index (χ2n) is 7.59. The Bertz CT molecular complexity index is 996. The fourth-order valence-electron chi connectivity index (χ4n) is 3.81. The minimum atomic E-state index is -0.519. The smallest absolute Gasteiger partial charge is 0.192 e. The number of rotatable bonds is 7. The number of methoxy groups -OCH3 is 1. The Labute approximate surface area is 177 Å². The molecular weight excluding hydrogens is 374 g/mol. The topological polar surface area (TPSA) is 47.6 Å². The van der Waals surface area contributed by atoms with Gasteiger partial charge >= 0.3 is 0 Å². The molecule has 0 aromatic heterocycles. The van der Waals surface area contributed by atoms with Crippen LogP contribution in [0.4, 0.5) is 5.69 Å². The van der Waals surface area contributed by atoms with Crippen molar-refractivity contribution in [3.63, 3.8) is 0 Å². The molecule has 4 nitrogen and oxygen atoms in total. The van der Waals surface area contributed by atoms with E-state index in [0.29, 0.717) is 11.3 Å². The second-order valence-corrected chi connectivity index (χ2v) is 7.59. The Morgan fingerprint density at radius 1 is 0.967 bits per heavy atom. The summed E-state index contributed by atoms with van der Waals surface area (Å²) in [7, 11) is 1.64. The predicted octanol–water partition coefficient (Wildman–Crippen LogP) is 5.83. The molecular formula is C26H27NO3. The van der Waals surface area contributed by atoms with Crippen molar-refractivity contribution in [1.82, 2.24) is 0 Å². The van der Waals surface area contributed by atoms with Gasteiger partial charge in [0, 0.05) is 5.69 Å². The Kier molecular flexibility index (Phi) is 6.03. The highest BCUT2D eigenvalue weighted by Gasteiger charge is 2.38. The lowest BCUT2D eigenvalue weighted by Crippen LogP contribution is -2.42. The number of benzene rings is 3. The Morgan fingerprint density at radius 2 is 1.70 bits per heavy atom. The molecule has 0 radical (unpaired) electrons. The molecule has 1 N–H and O–H groups in total. The predicted molar refractivity (Wildman–Crippen MR) is 120 cm³/mol. The third kappa shape index (κ3) is 4.18. The Balaban J connectivity index is 1.63. The van der Waals surface area contributed by atoms with Crippen molar-refractivity contribution in [2.24, 2.45) is 0 Å². The van der Waals surface area contributed by atoms with Crippen LogP contribution in [0, 0.1) is 0 Å². The van der Waals surface area contributed by atoms with Gasteiger partial charge in [0.1, 0.15) is 17.5 Å². The molecule has 0 amide bonds. The van der Waals surface area contributed by atoms with E-state index >= 15 is 0 Å². The highest BCUT2D eigenvalue weighted by atomic mass is 16.5. The van der Waals surface area contributed by atoms with Crippen molar-refractivity contribution in [3.05, 3.63) is 89.5 Å². The quantitative estimate of drug-likeness (QED) is 0.541. The molecule has 1 heterocycles. The van der Waals surface area contributed by atoms with Gasteiger partial charge in [-0.3, -0.25) is 4.79 Å². The molecule has 3 aromatic carbocycles. The lowest BCUT2D eigenvalue weighted by atomic mass is 9.91. The lowest BCUT2D eigenvalue weighted by Gasteiger charge is -2.34. The van der Waals surface area contributed by atoms with Gasteiger partial charge in [-0.2, -0.15) is 0 Å². The molecule has 1 aliphatic rings. The number of carbonyl (C=O) groups is 1. The van der Waals surface area contributed by atoms with Gasteiger partial charge in [0.05, 0.1) is 12.7 Å². The summed E-state index contributed by atoms with van der Waals surface area (Å²) < 4.78 is 11.6. The molecule has 0 saturated heterocycles. The van der Waals surface area contributed by atoms with Crippen LogP contribution in [0.2, 0.25) is 0 Å². The first-order valence-corrected chi connectivity index (χ1v) is 10.5. The summed E-state index contributed by atoms with van der Waals surface area (Å²) in [4.78, 5) is 13.4. The summed E-state index contributed by atoms with van der Waals surface area (Å²) in [6, 6.07) is 22.9. The fourth-order valence-corrected chi connectivity index (χ4v) is 3.81. The number of hydrogen-bond acceptors (Lipinski definition) is 4. The first-order valence-electron chi connectivity index (χ1n) is 10.5. The average Bonchev–Trinajstić information content (AvgIpc) is 2.80. The number of ketones is 1. The molecule has 0 saturated carbocycles. The van der Waals surface area contributed by atoms with E-state index in [2.05, 4.69) is 24.4 Å². The monoisotopic (exact) mass is 401 g/mol. The van der Waals surface area contributed by atoms with Crippen molar-refractivity contribution in [2.45, 2.75) is 38.3 Å². The van der Waals surface area contributed by atoms with Gasteiger partial charge in [-0.1, -0.05) is 49.7 Å². The molecule has 0 fully saturated rings. The second kappa shape index (κ2) is 9.04. The lowest BCUT2D eigenvalue weighted by molar-refractivity contribution is 0.0812. The molecule has 0 aliphatic carbocycles. The Hall–Kier alpha value is -3.27. The van der Waals surface area contributed by atoms with Gasteiger partial charge in [-0.15, -0.1) is 0 Å². The van der Waals surface area contributed by atoms with Crippen LogP contribution in [0.3, 0.4) is 0 Å². The number of aryl methyl sites for hydroxylation is 1. The van der Waals surface area contributed by atoms with Crippen LogP contribution in [0.5, 0.6) is 11.5 Å². The molecule has 3 aromatic rings. The van der Waals surface area contributed by atoms with Crippen molar-refractivity contribution in [1.29, 1.82) is 0 Å². The van der Waals surface area contributed by atoms with E-state index in [1.807, 2.05) is 60.7 Å². The fraction of sp³-hybridized carbons (Fsp3) is 0.269. The van der Waals surface area contributed by atoms with Gasteiger partial charge in [0.25, 0.3) is 0 Å². The van der Waals surface area contributed by atoms with E-state index in [-0.39, 0.29) is 5.78 Å². The number of hydrogen-bond donors (Lipinski definition) is 1. The maximum atomic E-state index is 13.4. The zero-order valence-electron chi connectivity index (χ0n) is 17.4. The van der Waals surface area contributed by atoms with Crippen molar-refractivity contribution in [3.8, 4) is 11.5 Å². The number of anilines is 1. The molecule has 2 atom stereocenters. The minimum Gasteiger partial charge on any atom is -0.497 e. The normalized spacial score (nSPS) is 17.7. The van der Waals surface area contributed by atoms with E-state index in [1.54, 1.807) is 7.11 Å². The van der Waals surface area contributed by atoms with Crippen molar-refractivity contribution < 1.29 is 14.3 Å². The van der Waals surface area contributed by atoms with Gasteiger partial charge < -0.3 is 14.8 Å². The number of carbonyl (C=O) groups excluding carboxylic acids is 1.